The topological polar surface area (TPSA) is 28.4 Å². The molecule has 1 saturated heterocycles. The van der Waals surface area contributed by atoms with Gasteiger partial charge in [-0.25, -0.2) is 0 Å². The van der Waals surface area contributed by atoms with Gasteiger partial charge in [-0.3, -0.25) is 0 Å². The van der Waals surface area contributed by atoms with Gasteiger partial charge in [0, 0.05) is 27.2 Å². The molecular weight excluding hydrogens is 448 g/mol. The van der Waals surface area contributed by atoms with Gasteiger partial charge in [0.05, 0.1) is 5.69 Å². The zero-order valence-corrected chi connectivity index (χ0v) is 21.6. The van der Waals surface area contributed by atoms with Crippen LogP contribution in [0.3, 0.4) is 0 Å². The van der Waals surface area contributed by atoms with Gasteiger partial charge in [-0.1, -0.05) is 54.9 Å². The van der Waals surface area contributed by atoms with Crippen LogP contribution in [-0.2, 0) is 6.54 Å². The molecular formula is C31H36N2OS. The van der Waals surface area contributed by atoms with Crippen molar-refractivity contribution >= 4 is 22.7 Å². The fourth-order valence-electron chi connectivity index (χ4n) is 5.39. The van der Waals surface area contributed by atoms with Gasteiger partial charge in [-0.2, -0.15) is 0 Å². The number of phenolic OH excluding ortho intramolecular Hbond substituents is 1. The van der Waals surface area contributed by atoms with E-state index in [1.54, 1.807) is 11.8 Å². The first-order chi connectivity index (χ1) is 17.2. The number of likely N-dealkylation sites (tertiary alicyclic amines) is 1. The maximum absolute atomic E-state index is 10.1. The number of aromatic hydroxyl groups is 1. The highest BCUT2D eigenvalue weighted by Gasteiger charge is 2.16. The average Bonchev–Trinajstić information content (AvgIpc) is 3.49. The Kier molecular flexibility index (Phi) is 7.80. The summed E-state index contributed by atoms with van der Waals surface area (Å²) in [6.45, 7) is 7.06. The summed E-state index contributed by atoms with van der Waals surface area (Å²) in [5, 5.41) is 11.3. The highest BCUT2D eigenvalue weighted by molar-refractivity contribution is 7.99. The van der Waals surface area contributed by atoms with Crippen LogP contribution in [0, 0.1) is 6.92 Å². The van der Waals surface area contributed by atoms with Crippen molar-refractivity contribution in [2.45, 2.75) is 61.8 Å². The van der Waals surface area contributed by atoms with Gasteiger partial charge >= 0.3 is 0 Å². The Morgan fingerprint density at radius 1 is 0.771 bits per heavy atom. The van der Waals surface area contributed by atoms with Crippen molar-refractivity contribution < 1.29 is 5.11 Å². The molecule has 0 aliphatic carbocycles. The van der Waals surface area contributed by atoms with Gasteiger partial charge in [-0.05, 0) is 106 Å². The summed E-state index contributed by atoms with van der Waals surface area (Å²) in [5.41, 5.74) is 4.98. The molecule has 0 amide bonds. The lowest BCUT2D eigenvalue weighted by atomic mass is 10.1. The van der Waals surface area contributed by atoms with Gasteiger partial charge in [-0.15, -0.1) is 0 Å². The van der Waals surface area contributed by atoms with E-state index in [0.29, 0.717) is 5.75 Å². The van der Waals surface area contributed by atoms with Crippen LogP contribution in [0.4, 0.5) is 0 Å². The standard InChI is InChI=1S/C31H36N2OS/c1-24-29-23-26(34)15-18-30(29)33(22-8-3-2-7-19-32-20-9-10-21-32)31(24)25-13-16-28(17-14-25)35-27-11-5-4-6-12-27/h4-6,11-18,23,34H,2-3,7-10,19-22H2,1H3. The molecule has 4 aromatic rings. The molecule has 2 heterocycles. The fraction of sp³-hybridized carbons (Fsp3) is 0.355. The lowest BCUT2D eigenvalue weighted by Gasteiger charge is -2.15. The van der Waals surface area contributed by atoms with Gasteiger partial charge in [0.25, 0.3) is 0 Å². The van der Waals surface area contributed by atoms with E-state index in [-0.39, 0.29) is 0 Å². The van der Waals surface area contributed by atoms with E-state index in [0.717, 1.165) is 11.9 Å². The number of fused-ring (bicyclic) bond motifs is 1. The average molecular weight is 485 g/mol. The normalized spacial score (nSPS) is 14.2. The number of hydrogen-bond donors (Lipinski definition) is 1. The first kappa shape index (κ1) is 24.0. The summed E-state index contributed by atoms with van der Waals surface area (Å²) in [6, 6.07) is 25.3. The molecule has 182 valence electrons. The Labute approximate surface area is 213 Å². The van der Waals surface area contributed by atoms with E-state index in [9.17, 15) is 5.11 Å². The molecule has 1 aromatic heterocycles. The Bertz CT molecular complexity index is 1240. The molecule has 0 unspecified atom stereocenters. The van der Waals surface area contributed by atoms with Gasteiger partial charge in [0.15, 0.2) is 0 Å². The summed E-state index contributed by atoms with van der Waals surface area (Å²) in [6.07, 6.45) is 7.81. The Hall–Kier alpha value is -2.69. The number of aromatic nitrogens is 1. The van der Waals surface area contributed by atoms with E-state index < -0.39 is 0 Å². The quantitative estimate of drug-likeness (QED) is 0.230. The minimum Gasteiger partial charge on any atom is -0.508 e. The molecule has 5 rings (SSSR count). The number of aryl methyl sites for hydroxylation is 2. The number of unbranched alkanes of at least 4 members (excludes halogenated alkanes) is 3. The van der Waals surface area contributed by atoms with Crippen molar-refractivity contribution in [3.8, 4) is 17.0 Å². The van der Waals surface area contributed by atoms with Crippen LogP contribution in [-0.4, -0.2) is 34.2 Å². The third kappa shape index (κ3) is 5.76. The number of benzene rings is 3. The van der Waals surface area contributed by atoms with Crippen LogP contribution in [0.15, 0.2) is 82.6 Å². The predicted octanol–water partition coefficient (Wildman–Crippen LogP) is 8.13. The smallest absolute Gasteiger partial charge is 0.116 e. The zero-order chi connectivity index (χ0) is 24.0. The van der Waals surface area contributed by atoms with Crippen molar-refractivity contribution in [1.29, 1.82) is 0 Å². The van der Waals surface area contributed by atoms with Crippen LogP contribution in [0.5, 0.6) is 5.75 Å². The SMILES string of the molecule is Cc1c(-c2ccc(Sc3ccccc3)cc2)n(CCCCCCN2CCCC2)c2ccc(O)cc12. The molecule has 0 spiro atoms. The van der Waals surface area contributed by atoms with E-state index in [4.69, 9.17) is 0 Å². The first-order valence-electron chi connectivity index (χ1n) is 13.1. The predicted molar refractivity (Wildman–Crippen MR) is 148 cm³/mol. The van der Waals surface area contributed by atoms with E-state index in [1.165, 1.54) is 90.3 Å². The van der Waals surface area contributed by atoms with Crippen LogP contribution in [0.2, 0.25) is 0 Å². The molecule has 1 aliphatic rings. The Balaban J connectivity index is 1.32. The van der Waals surface area contributed by atoms with Crippen molar-refractivity contribution in [2.75, 3.05) is 19.6 Å². The third-order valence-corrected chi connectivity index (χ3v) is 8.23. The number of phenols is 1. The molecule has 0 saturated carbocycles. The molecule has 35 heavy (non-hydrogen) atoms. The molecule has 1 N–H and O–H groups in total. The second-order valence-electron chi connectivity index (χ2n) is 9.73. The number of nitrogens with zero attached hydrogens (tertiary/aromatic N) is 2. The van der Waals surface area contributed by atoms with Crippen molar-refractivity contribution in [3.63, 3.8) is 0 Å². The second kappa shape index (κ2) is 11.4. The molecule has 1 fully saturated rings. The van der Waals surface area contributed by atoms with Crippen LogP contribution in [0.1, 0.15) is 44.1 Å². The van der Waals surface area contributed by atoms with Crippen LogP contribution >= 0.6 is 11.8 Å². The fourth-order valence-corrected chi connectivity index (χ4v) is 6.22. The first-order valence-corrected chi connectivity index (χ1v) is 13.9. The van der Waals surface area contributed by atoms with Crippen molar-refractivity contribution in [3.05, 3.63) is 78.4 Å². The monoisotopic (exact) mass is 484 g/mol. The number of rotatable bonds is 10. The van der Waals surface area contributed by atoms with Gasteiger partial charge in [0.1, 0.15) is 5.75 Å². The largest absolute Gasteiger partial charge is 0.508 e. The lowest BCUT2D eigenvalue weighted by molar-refractivity contribution is 0.327. The summed E-state index contributed by atoms with van der Waals surface area (Å²) >= 11 is 1.79. The highest BCUT2D eigenvalue weighted by atomic mass is 32.2. The number of hydrogen-bond acceptors (Lipinski definition) is 3. The highest BCUT2D eigenvalue weighted by Crippen LogP contribution is 2.37. The maximum Gasteiger partial charge on any atom is 0.116 e. The summed E-state index contributed by atoms with van der Waals surface area (Å²) < 4.78 is 2.48. The third-order valence-electron chi connectivity index (χ3n) is 7.21. The van der Waals surface area contributed by atoms with E-state index in [2.05, 4.69) is 77.1 Å². The molecule has 0 bridgehead atoms. The molecule has 4 heteroatoms. The molecule has 0 radical (unpaired) electrons. The maximum atomic E-state index is 10.1. The summed E-state index contributed by atoms with van der Waals surface area (Å²) in [4.78, 5) is 5.12. The van der Waals surface area contributed by atoms with Crippen LogP contribution < -0.4 is 0 Å². The summed E-state index contributed by atoms with van der Waals surface area (Å²) in [7, 11) is 0. The molecule has 3 aromatic carbocycles. The van der Waals surface area contributed by atoms with E-state index >= 15 is 0 Å². The van der Waals surface area contributed by atoms with Gasteiger partial charge in [0.2, 0.25) is 0 Å². The molecule has 1 aliphatic heterocycles. The molecule has 0 atom stereocenters. The van der Waals surface area contributed by atoms with E-state index in [1.807, 2.05) is 12.1 Å². The van der Waals surface area contributed by atoms with Crippen molar-refractivity contribution in [2.24, 2.45) is 0 Å². The minimum absolute atomic E-state index is 0.334. The Morgan fingerprint density at radius 2 is 1.46 bits per heavy atom. The lowest BCUT2D eigenvalue weighted by Crippen LogP contribution is -2.20. The van der Waals surface area contributed by atoms with Crippen LogP contribution in [0.25, 0.3) is 22.2 Å². The van der Waals surface area contributed by atoms with Crippen molar-refractivity contribution in [1.82, 2.24) is 9.47 Å². The second-order valence-corrected chi connectivity index (χ2v) is 10.9. The zero-order valence-electron chi connectivity index (χ0n) is 20.7. The minimum atomic E-state index is 0.334. The molecule has 3 nitrogen and oxygen atoms in total. The summed E-state index contributed by atoms with van der Waals surface area (Å²) in [5.74, 6) is 0.334. The Morgan fingerprint density at radius 3 is 2.20 bits per heavy atom. The van der Waals surface area contributed by atoms with Gasteiger partial charge < -0.3 is 14.6 Å².